The van der Waals surface area contributed by atoms with Crippen molar-refractivity contribution in [3.05, 3.63) is 30.1 Å². The van der Waals surface area contributed by atoms with E-state index in [1.165, 1.54) is 0 Å². The van der Waals surface area contributed by atoms with E-state index in [0.29, 0.717) is 6.42 Å². The van der Waals surface area contributed by atoms with Gasteiger partial charge in [0.15, 0.2) is 0 Å². The predicted molar refractivity (Wildman–Crippen MR) is 69.6 cm³/mol. The fourth-order valence-electron chi connectivity index (χ4n) is 1.67. The third kappa shape index (κ3) is 4.83. The van der Waals surface area contributed by atoms with Crippen LogP contribution in [0.3, 0.4) is 0 Å². The number of nitrogens with one attached hydrogen (secondary N) is 1. The molecule has 0 aliphatic carbocycles. The molecule has 0 radical (unpaired) electrons. The molecule has 4 nitrogen and oxygen atoms in total. The van der Waals surface area contributed by atoms with Gasteiger partial charge in [0.25, 0.3) is 0 Å². The maximum atomic E-state index is 11.4. The number of nitrogens with zero attached hydrogens (tertiary/aromatic N) is 1. The Kier molecular flexibility index (Phi) is 5.58. The summed E-state index contributed by atoms with van der Waals surface area (Å²) in [5.74, 6) is 0.481. The summed E-state index contributed by atoms with van der Waals surface area (Å²) >= 11 is 0. The van der Waals surface area contributed by atoms with Gasteiger partial charge in [-0.1, -0.05) is 13.0 Å². The van der Waals surface area contributed by atoms with Crippen LogP contribution in [-0.4, -0.2) is 32.0 Å². The van der Waals surface area contributed by atoms with E-state index in [1.807, 2.05) is 25.2 Å². The molecule has 1 atom stereocenters. The number of hydrogen-bond acceptors (Lipinski definition) is 4. The van der Waals surface area contributed by atoms with Gasteiger partial charge >= 0.3 is 0 Å². The lowest BCUT2D eigenvalue weighted by molar-refractivity contribution is 0.524. The summed E-state index contributed by atoms with van der Waals surface area (Å²) in [6.45, 7) is 1.68. The minimum Gasteiger partial charge on any atom is -0.312 e. The van der Waals surface area contributed by atoms with Crippen molar-refractivity contribution < 1.29 is 8.42 Å². The lowest BCUT2D eigenvalue weighted by Gasteiger charge is -2.15. The molecule has 1 N–H and O–H groups in total. The Labute approximate surface area is 103 Å². The molecule has 0 saturated heterocycles. The van der Waals surface area contributed by atoms with Crippen LogP contribution in [0.4, 0.5) is 0 Å². The van der Waals surface area contributed by atoms with Crippen LogP contribution in [0.25, 0.3) is 0 Å². The molecule has 0 saturated carbocycles. The molecule has 0 amide bonds. The molecular formula is C12H20N2O2S. The van der Waals surface area contributed by atoms with E-state index in [-0.39, 0.29) is 17.5 Å². The molecule has 0 spiro atoms. The molecule has 0 fully saturated rings. The molecule has 0 aromatic carbocycles. The van der Waals surface area contributed by atoms with Gasteiger partial charge in [0.1, 0.15) is 9.84 Å². The van der Waals surface area contributed by atoms with Crippen LogP contribution in [0, 0.1) is 0 Å². The van der Waals surface area contributed by atoms with E-state index in [4.69, 9.17) is 0 Å². The zero-order valence-electron chi connectivity index (χ0n) is 10.4. The van der Waals surface area contributed by atoms with Gasteiger partial charge in [-0.2, -0.15) is 0 Å². The largest absolute Gasteiger partial charge is 0.312 e. The van der Waals surface area contributed by atoms with E-state index in [0.717, 1.165) is 12.1 Å². The van der Waals surface area contributed by atoms with Gasteiger partial charge in [0.05, 0.1) is 11.4 Å². The Morgan fingerprint density at radius 3 is 2.71 bits per heavy atom. The van der Waals surface area contributed by atoms with Crippen molar-refractivity contribution in [1.82, 2.24) is 10.3 Å². The van der Waals surface area contributed by atoms with Gasteiger partial charge in [-0.15, -0.1) is 0 Å². The first-order chi connectivity index (χ1) is 8.09. The van der Waals surface area contributed by atoms with Crippen LogP contribution in [0.5, 0.6) is 0 Å². The summed E-state index contributed by atoms with van der Waals surface area (Å²) < 4.78 is 22.7. The highest BCUT2D eigenvalue weighted by Gasteiger charge is 2.12. The smallest absolute Gasteiger partial charge is 0.150 e. The highest BCUT2D eigenvalue weighted by molar-refractivity contribution is 7.91. The van der Waals surface area contributed by atoms with Gasteiger partial charge in [0.2, 0.25) is 0 Å². The number of pyridine rings is 1. The van der Waals surface area contributed by atoms with Crippen LogP contribution in [0.2, 0.25) is 0 Å². The second kappa shape index (κ2) is 6.71. The van der Waals surface area contributed by atoms with Crippen LogP contribution < -0.4 is 5.32 Å². The zero-order chi connectivity index (χ0) is 12.7. The monoisotopic (exact) mass is 256 g/mol. The Morgan fingerprint density at radius 2 is 2.18 bits per heavy atom. The van der Waals surface area contributed by atoms with Crippen molar-refractivity contribution >= 4 is 9.84 Å². The minimum atomic E-state index is -2.85. The highest BCUT2D eigenvalue weighted by atomic mass is 32.2. The molecule has 1 aromatic heterocycles. The minimum absolute atomic E-state index is 0.128. The topological polar surface area (TPSA) is 59.1 Å². The van der Waals surface area contributed by atoms with Gasteiger partial charge in [-0.3, -0.25) is 4.98 Å². The average Bonchev–Trinajstić information content (AvgIpc) is 2.36. The molecule has 1 rings (SSSR count). The van der Waals surface area contributed by atoms with Gasteiger partial charge in [-0.25, -0.2) is 8.42 Å². The van der Waals surface area contributed by atoms with Crippen LogP contribution in [-0.2, 0) is 9.84 Å². The molecule has 0 bridgehead atoms. The van der Waals surface area contributed by atoms with Crippen molar-refractivity contribution in [1.29, 1.82) is 0 Å². The third-order valence-corrected chi connectivity index (χ3v) is 4.57. The van der Waals surface area contributed by atoms with Gasteiger partial charge in [0, 0.05) is 18.0 Å². The fourth-order valence-corrected chi connectivity index (χ4v) is 2.57. The Bertz CT molecular complexity index is 417. The van der Waals surface area contributed by atoms with Crippen molar-refractivity contribution in [2.75, 3.05) is 18.6 Å². The molecule has 0 aliphatic heterocycles. The van der Waals surface area contributed by atoms with Crippen LogP contribution in [0.1, 0.15) is 31.5 Å². The van der Waals surface area contributed by atoms with E-state index in [1.54, 1.807) is 13.1 Å². The van der Waals surface area contributed by atoms with E-state index >= 15 is 0 Å². The Hall–Kier alpha value is -0.940. The summed E-state index contributed by atoms with van der Waals surface area (Å²) in [7, 11) is -0.985. The molecule has 17 heavy (non-hydrogen) atoms. The highest BCUT2D eigenvalue weighted by Crippen LogP contribution is 2.15. The van der Waals surface area contributed by atoms with Crippen LogP contribution in [0.15, 0.2) is 24.4 Å². The molecular weight excluding hydrogens is 236 g/mol. The van der Waals surface area contributed by atoms with Crippen molar-refractivity contribution in [2.24, 2.45) is 0 Å². The second-order valence-corrected chi connectivity index (χ2v) is 6.45. The summed E-state index contributed by atoms with van der Waals surface area (Å²) in [6, 6.07) is 5.89. The van der Waals surface area contributed by atoms with Gasteiger partial charge in [-0.05, 0) is 32.0 Å². The third-order valence-electron chi connectivity index (χ3n) is 2.78. The molecule has 5 heteroatoms. The quantitative estimate of drug-likeness (QED) is 0.804. The number of sulfone groups is 1. The molecule has 96 valence electrons. The number of aromatic nitrogens is 1. The average molecular weight is 256 g/mol. The first-order valence-corrected chi connectivity index (χ1v) is 7.70. The first-order valence-electron chi connectivity index (χ1n) is 5.87. The molecule has 1 heterocycles. The van der Waals surface area contributed by atoms with Crippen LogP contribution >= 0.6 is 0 Å². The Morgan fingerprint density at radius 1 is 1.41 bits per heavy atom. The summed E-state index contributed by atoms with van der Waals surface area (Å²) in [6.07, 6.45) is 3.20. The first kappa shape index (κ1) is 14.1. The molecule has 1 aromatic rings. The second-order valence-electron chi connectivity index (χ2n) is 3.97. The number of hydrogen-bond donors (Lipinski definition) is 1. The normalized spacial score (nSPS) is 13.5. The summed E-state index contributed by atoms with van der Waals surface area (Å²) in [5, 5.41) is 3.17. The summed E-state index contributed by atoms with van der Waals surface area (Å²) in [5.41, 5.74) is 0.962. The fraction of sp³-hybridized carbons (Fsp3) is 0.583. The number of rotatable bonds is 7. The zero-order valence-corrected chi connectivity index (χ0v) is 11.2. The van der Waals surface area contributed by atoms with E-state index in [2.05, 4.69) is 10.3 Å². The van der Waals surface area contributed by atoms with Crippen molar-refractivity contribution in [3.63, 3.8) is 0 Å². The van der Waals surface area contributed by atoms with Gasteiger partial charge < -0.3 is 5.32 Å². The standard InChI is InChI=1S/C12H20N2O2S/c1-3-17(15,16)10-6-8-11(13-2)12-7-4-5-9-14-12/h4-5,7,9,11,13H,3,6,8,10H2,1-2H3. The van der Waals surface area contributed by atoms with Crippen molar-refractivity contribution in [2.45, 2.75) is 25.8 Å². The molecule has 1 unspecified atom stereocenters. The van der Waals surface area contributed by atoms with Crippen molar-refractivity contribution in [3.8, 4) is 0 Å². The summed E-state index contributed by atoms with van der Waals surface area (Å²) in [4.78, 5) is 4.27. The maximum absolute atomic E-state index is 11.4. The van der Waals surface area contributed by atoms with E-state index < -0.39 is 9.84 Å². The lowest BCUT2D eigenvalue weighted by Crippen LogP contribution is -2.19. The molecule has 0 aliphatic rings. The Balaban J connectivity index is 2.50. The maximum Gasteiger partial charge on any atom is 0.150 e. The lowest BCUT2D eigenvalue weighted by atomic mass is 10.1. The predicted octanol–water partition coefficient (Wildman–Crippen LogP) is 1.56. The van der Waals surface area contributed by atoms with E-state index in [9.17, 15) is 8.42 Å². The SMILES string of the molecule is CCS(=O)(=O)CCCC(NC)c1ccccn1.